The Balaban J connectivity index is 1.83. The van der Waals surface area contributed by atoms with E-state index in [1.54, 1.807) is 0 Å². The minimum absolute atomic E-state index is 0.383. The number of hydrogen-bond donors (Lipinski definition) is 0. The topological polar surface area (TPSA) is 20.3 Å². The van der Waals surface area contributed by atoms with E-state index < -0.39 is 0 Å². The molecule has 0 N–H and O–H groups in total. The van der Waals surface area contributed by atoms with Crippen molar-refractivity contribution in [1.82, 2.24) is 4.90 Å². The second-order valence-corrected chi connectivity index (χ2v) is 5.69. The minimum Gasteiger partial charge on any atom is -0.343 e. The van der Waals surface area contributed by atoms with E-state index in [1.807, 2.05) is 0 Å². The molecule has 2 fully saturated rings. The summed E-state index contributed by atoms with van der Waals surface area (Å²) in [4.78, 5) is 13.9. The molecular weight excluding hydrogens is 198 g/mol. The van der Waals surface area contributed by atoms with Gasteiger partial charge >= 0.3 is 0 Å². The molecule has 16 heavy (non-hydrogen) atoms. The van der Waals surface area contributed by atoms with Gasteiger partial charge in [0.15, 0.2) is 0 Å². The van der Waals surface area contributed by atoms with Crippen molar-refractivity contribution in [1.29, 1.82) is 0 Å². The molecule has 1 aliphatic carbocycles. The zero-order valence-corrected chi connectivity index (χ0v) is 10.6. The van der Waals surface area contributed by atoms with Gasteiger partial charge in [-0.25, -0.2) is 0 Å². The molecule has 1 amide bonds. The maximum absolute atomic E-state index is 11.8. The lowest BCUT2D eigenvalue weighted by molar-refractivity contribution is -0.133. The summed E-state index contributed by atoms with van der Waals surface area (Å²) >= 11 is 0. The van der Waals surface area contributed by atoms with Gasteiger partial charge in [0.25, 0.3) is 0 Å². The third-order valence-corrected chi connectivity index (χ3v) is 4.55. The summed E-state index contributed by atoms with van der Waals surface area (Å²) in [6.45, 7) is 4.14. The van der Waals surface area contributed by atoms with E-state index in [2.05, 4.69) is 11.8 Å². The van der Waals surface area contributed by atoms with Crippen molar-refractivity contribution < 1.29 is 4.79 Å². The van der Waals surface area contributed by atoms with Crippen LogP contribution in [-0.2, 0) is 4.79 Å². The molecule has 0 radical (unpaired) electrons. The molecule has 0 bridgehead atoms. The van der Waals surface area contributed by atoms with Crippen LogP contribution in [0.3, 0.4) is 0 Å². The lowest BCUT2D eigenvalue weighted by Gasteiger charge is -2.44. The Morgan fingerprint density at radius 3 is 2.25 bits per heavy atom. The predicted octanol–water partition coefficient (Wildman–Crippen LogP) is 3.36. The van der Waals surface area contributed by atoms with Gasteiger partial charge in [-0.1, -0.05) is 26.2 Å². The summed E-state index contributed by atoms with van der Waals surface area (Å²) in [5, 5.41) is 0. The third kappa shape index (κ3) is 2.58. The standard InChI is InChI=1S/C14H25NO/c1-2-6-13(16)15-11-9-14(10-12-15)7-4-3-5-8-14/h2-12H2,1H3. The zero-order valence-electron chi connectivity index (χ0n) is 10.6. The van der Waals surface area contributed by atoms with Gasteiger partial charge in [0, 0.05) is 19.5 Å². The third-order valence-electron chi connectivity index (χ3n) is 4.55. The second-order valence-electron chi connectivity index (χ2n) is 5.69. The second kappa shape index (κ2) is 5.20. The van der Waals surface area contributed by atoms with Gasteiger partial charge in [-0.2, -0.15) is 0 Å². The normalized spacial score (nSPS) is 24.7. The number of nitrogens with zero attached hydrogens (tertiary/aromatic N) is 1. The summed E-state index contributed by atoms with van der Waals surface area (Å²) in [6.07, 6.45) is 11.4. The fraction of sp³-hybridized carbons (Fsp3) is 0.929. The van der Waals surface area contributed by atoms with Crippen molar-refractivity contribution in [3.8, 4) is 0 Å². The van der Waals surface area contributed by atoms with Crippen LogP contribution in [-0.4, -0.2) is 23.9 Å². The largest absolute Gasteiger partial charge is 0.343 e. The van der Waals surface area contributed by atoms with Gasteiger partial charge < -0.3 is 4.90 Å². The number of rotatable bonds is 2. The van der Waals surface area contributed by atoms with Gasteiger partial charge in [0.2, 0.25) is 5.91 Å². The van der Waals surface area contributed by atoms with Crippen molar-refractivity contribution in [2.75, 3.05) is 13.1 Å². The Labute approximate surface area is 99.4 Å². The van der Waals surface area contributed by atoms with Crippen LogP contribution in [0.4, 0.5) is 0 Å². The molecule has 0 unspecified atom stereocenters. The molecule has 0 aromatic heterocycles. The molecule has 1 heterocycles. The summed E-state index contributed by atoms with van der Waals surface area (Å²) in [6, 6.07) is 0. The maximum atomic E-state index is 11.8. The summed E-state index contributed by atoms with van der Waals surface area (Å²) in [5.41, 5.74) is 0.626. The first-order valence-electron chi connectivity index (χ1n) is 7.04. The summed E-state index contributed by atoms with van der Waals surface area (Å²) in [7, 11) is 0. The lowest BCUT2D eigenvalue weighted by atomic mass is 9.68. The molecule has 1 saturated carbocycles. The Bertz CT molecular complexity index is 233. The quantitative estimate of drug-likeness (QED) is 0.703. The highest BCUT2D eigenvalue weighted by molar-refractivity contribution is 5.76. The molecule has 0 aromatic carbocycles. The SMILES string of the molecule is CCCC(=O)N1CCC2(CCCCC2)CC1. The molecule has 2 heteroatoms. The highest BCUT2D eigenvalue weighted by Crippen LogP contribution is 2.44. The van der Waals surface area contributed by atoms with Crippen molar-refractivity contribution >= 4 is 5.91 Å². The van der Waals surface area contributed by atoms with E-state index in [9.17, 15) is 4.79 Å². The summed E-state index contributed by atoms with van der Waals surface area (Å²) < 4.78 is 0. The first-order chi connectivity index (χ1) is 7.76. The number of carbonyl (C=O) groups excluding carboxylic acids is 1. The van der Waals surface area contributed by atoms with Gasteiger partial charge in [0.1, 0.15) is 0 Å². The van der Waals surface area contributed by atoms with Crippen molar-refractivity contribution in [3.05, 3.63) is 0 Å². The van der Waals surface area contributed by atoms with Crippen LogP contribution in [0.1, 0.15) is 64.7 Å². The Hall–Kier alpha value is -0.530. The average molecular weight is 223 g/mol. The van der Waals surface area contributed by atoms with E-state index in [-0.39, 0.29) is 0 Å². The predicted molar refractivity (Wildman–Crippen MR) is 66.2 cm³/mol. The average Bonchev–Trinajstić information content (AvgIpc) is 2.31. The monoisotopic (exact) mass is 223 g/mol. The Morgan fingerprint density at radius 1 is 1.06 bits per heavy atom. The van der Waals surface area contributed by atoms with Gasteiger partial charge in [-0.15, -0.1) is 0 Å². The fourth-order valence-electron chi connectivity index (χ4n) is 3.40. The number of likely N-dealkylation sites (tertiary alicyclic amines) is 1. The van der Waals surface area contributed by atoms with Crippen LogP contribution >= 0.6 is 0 Å². The van der Waals surface area contributed by atoms with Crippen LogP contribution < -0.4 is 0 Å². The van der Waals surface area contributed by atoms with Gasteiger partial charge in [0.05, 0.1) is 0 Å². The maximum Gasteiger partial charge on any atom is 0.222 e. The van der Waals surface area contributed by atoms with Gasteiger partial charge in [-0.3, -0.25) is 4.79 Å². The number of hydrogen-bond acceptors (Lipinski definition) is 1. The smallest absolute Gasteiger partial charge is 0.222 e. The van der Waals surface area contributed by atoms with E-state index in [1.165, 1.54) is 44.9 Å². The molecule has 92 valence electrons. The molecule has 0 aromatic rings. The molecule has 0 atom stereocenters. The van der Waals surface area contributed by atoms with E-state index in [4.69, 9.17) is 0 Å². The van der Waals surface area contributed by atoms with E-state index in [0.717, 1.165) is 25.9 Å². The highest BCUT2D eigenvalue weighted by Gasteiger charge is 2.36. The van der Waals surface area contributed by atoms with Gasteiger partial charge in [-0.05, 0) is 37.5 Å². The molecular formula is C14H25NO. The number of carbonyl (C=O) groups is 1. The van der Waals surface area contributed by atoms with Crippen LogP contribution in [0, 0.1) is 5.41 Å². The molecule has 1 saturated heterocycles. The summed E-state index contributed by atoms with van der Waals surface area (Å²) in [5.74, 6) is 0.383. The van der Waals surface area contributed by atoms with Crippen molar-refractivity contribution in [2.45, 2.75) is 64.7 Å². The molecule has 1 spiro atoms. The van der Waals surface area contributed by atoms with Crippen LogP contribution in [0.25, 0.3) is 0 Å². The van der Waals surface area contributed by atoms with Crippen molar-refractivity contribution in [2.24, 2.45) is 5.41 Å². The first-order valence-corrected chi connectivity index (χ1v) is 7.04. The minimum atomic E-state index is 0.383. The fourth-order valence-corrected chi connectivity index (χ4v) is 3.40. The first kappa shape index (κ1) is 11.9. The molecule has 1 aliphatic heterocycles. The van der Waals surface area contributed by atoms with Crippen molar-refractivity contribution in [3.63, 3.8) is 0 Å². The molecule has 2 rings (SSSR count). The Morgan fingerprint density at radius 2 is 1.69 bits per heavy atom. The van der Waals surface area contributed by atoms with Crippen LogP contribution in [0.2, 0.25) is 0 Å². The molecule has 2 nitrogen and oxygen atoms in total. The zero-order chi connectivity index (χ0) is 11.4. The van der Waals surface area contributed by atoms with E-state index >= 15 is 0 Å². The van der Waals surface area contributed by atoms with Crippen LogP contribution in [0.5, 0.6) is 0 Å². The number of piperidine rings is 1. The van der Waals surface area contributed by atoms with E-state index in [0.29, 0.717) is 11.3 Å². The van der Waals surface area contributed by atoms with Crippen LogP contribution in [0.15, 0.2) is 0 Å². The number of amides is 1. The highest BCUT2D eigenvalue weighted by atomic mass is 16.2. The molecule has 2 aliphatic rings. The Kier molecular flexibility index (Phi) is 3.88. The lowest BCUT2D eigenvalue weighted by Crippen LogP contribution is -2.43.